The number of benzene rings is 1. The molecule has 1 fully saturated rings. The Balaban J connectivity index is 1.61. The molecule has 1 N–H and O–H groups in total. The van der Waals surface area contributed by atoms with Gasteiger partial charge in [0.05, 0.1) is 25.5 Å². The molecule has 0 amide bonds. The number of morpholine rings is 1. The van der Waals surface area contributed by atoms with E-state index in [0.717, 1.165) is 45.0 Å². The van der Waals surface area contributed by atoms with E-state index in [-0.39, 0.29) is 5.56 Å². The number of nitrogens with zero attached hydrogens (tertiary/aromatic N) is 3. The van der Waals surface area contributed by atoms with Gasteiger partial charge in [-0.1, -0.05) is 11.8 Å². The van der Waals surface area contributed by atoms with Gasteiger partial charge in [-0.2, -0.15) is 5.26 Å². The Morgan fingerprint density at radius 2 is 2.07 bits per heavy atom. The number of thioether (sulfide) groups is 1. The number of nitrogens with one attached hydrogen (secondary N) is 1. The van der Waals surface area contributed by atoms with Crippen LogP contribution in [0.4, 0.5) is 0 Å². The van der Waals surface area contributed by atoms with Gasteiger partial charge in [0, 0.05) is 25.2 Å². The third kappa shape index (κ3) is 5.10. The van der Waals surface area contributed by atoms with Crippen LogP contribution in [-0.4, -0.2) is 60.6 Å². The predicted molar refractivity (Wildman–Crippen MR) is 104 cm³/mol. The van der Waals surface area contributed by atoms with Gasteiger partial charge in [0.25, 0.3) is 5.56 Å². The van der Waals surface area contributed by atoms with Gasteiger partial charge in [-0.05, 0) is 36.9 Å². The molecule has 8 heteroatoms. The number of aromatic amines is 1. The fourth-order valence-corrected chi connectivity index (χ4v) is 3.25. The Morgan fingerprint density at radius 1 is 1.33 bits per heavy atom. The summed E-state index contributed by atoms with van der Waals surface area (Å²) in [4.78, 5) is 21.4. The minimum absolute atomic E-state index is 0.0204. The van der Waals surface area contributed by atoms with E-state index < -0.39 is 5.56 Å². The Hall–Kier alpha value is -2.34. The van der Waals surface area contributed by atoms with Gasteiger partial charge in [0.1, 0.15) is 17.4 Å². The van der Waals surface area contributed by atoms with E-state index in [0.29, 0.717) is 23.0 Å². The molecule has 1 aliphatic rings. The van der Waals surface area contributed by atoms with Crippen molar-refractivity contribution in [2.45, 2.75) is 11.6 Å². The van der Waals surface area contributed by atoms with Gasteiger partial charge < -0.3 is 14.5 Å². The predicted octanol–water partition coefficient (Wildman–Crippen LogP) is 2.13. The first-order valence-electron chi connectivity index (χ1n) is 8.83. The highest BCUT2D eigenvalue weighted by molar-refractivity contribution is 7.98. The fourth-order valence-electron chi connectivity index (χ4n) is 2.87. The van der Waals surface area contributed by atoms with Crippen molar-refractivity contribution in [3.8, 4) is 23.1 Å². The zero-order valence-corrected chi connectivity index (χ0v) is 16.1. The molecule has 1 aromatic carbocycles. The van der Waals surface area contributed by atoms with Gasteiger partial charge in [0.2, 0.25) is 0 Å². The van der Waals surface area contributed by atoms with Crippen LogP contribution in [0.1, 0.15) is 12.0 Å². The number of H-pyrrole nitrogens is 1. The fraction of sp³-hybridized carbons (Fsp3) is 0.421. The van der Waals surface area contributed by atoms with Crippen molar-refractivity contribution in [2.75, 3.05) is 45.7 Å². The van der Waals surface area contributed by atoms with Crippen LogP contribution in [0.2, 0.25) is 0 Å². The minimum atomic E-state index is -0.421. The Kier molecular flexibility index (Phi) is 6.87. The molecule has 3 rings (SSSR count). The van der Waals surface area contributed by atoms with Crippen LogP contribution in [0.25, 0.3) is 11.3 Å². The second-order valence-electron chi connectivity index (χ2n) is 6.09. The summed E-state index contributed by atoms with van der Waals surface area (Å²) in [6, 6.07) is 9.27. The second-order valence-corrected chi connectivity index (χ2v) is 6.89. The smallest absolute Gasteiger partial charge is 0.270 e. The summed E-state index contributed by atoms with van der Waals surface area (Å²) in [5.41, 5.74) is 0.709. The molecule has 1 aliphatic heterocycles. The molecule has 27 heavy (non-hydrogen) atoms. The summed E-state index contributed by atoms with van der Waals surface area (Å²) in [7, 11) is 0. The largest absolute Gasteiger partial charge is 0.494 e. The molecule has 0 saturated carbocycles. The lowest BCUT2D eigenvalue weighted by atomic mass is 10.1. The summed E-state index contributed by atoms with van der Waals surface area (Å²) < 4.78 is 11.1. The van der Waals surface area contributed by atoms with Crippen LogP contribution in [0, 0.1) is 11.3 Å². The van der Waals surface area contributed by atoms with E-state index in [1.165, 1.54) is 11.8 Å². The average molecular weight is 386 g/mol. The molecule has 2 aromatic rings. The van der Waals surface area contributed by atoms with Gasteiger partial charge in [0.15, 0.2) is 5.16 Å². The number of hydrogen-bond donors (Lipinski definition) is 1. The molecule has 142 valence electrons. The summed E-state index contributed by atoms with van der Waals surface area (Å²) in [6.07, 6.45) is 2.77. The molecule has 0 aliphatic carbocycles. The van der Waals surface area contributed by atoms with Crippen LogP contribution >= 0.6 is 11.8 Å². The van der Waals surface area contributed by atoms with Gasteiger partial charge in [-0.3, -0.25) is 9.69 Å². The van der Waals surface area contributed by atoms with Gasteiger partial charge in [-0.15, -0.1) is 0 Å². The lowest BCUT2D eigenvalue weighted by molar-refractivity contribution is 0.0358. The van der Waals surface area contributed by atoms with E-state index in [4.69, 9.17) is 9.47 Å². The van der Waals surface area contributed by atoms with E-state index in [2.05, 4.69) is 14.9 Å². The van der Waals surface area contributed by atoms with Crippen LogP contribution in [0.5, 0.6) is 5.75 Å². The van der Waals surface area contributed by atoms with Crippen LogP contribution < -0.4 is 10.3 Å². The molecule has 0 spiro atoms. The monoisotopic (exact) mass is 386 g/mol. The summed E-state index contributed by atoms with van der Waals surface area (Å²) in [5.74, 6) is 0.758. The molecule has 7 nitrogen and oxygen atoms in total. The van der Waals surface area contributed by atoms with Crippen LogP contribution in [-0.2, 0) is 4.74 Å². The van der Waals surface area contributed by atoms with Crippen molar-refractivity contribution in [3.05, 3.63) is 40.2 Å². The zero-order chi connectivity index (χ0) is 19.1. The topological polar surface area (TPSA) is 91.2 Å². The Labute approximate surface area is 162 Å². The number of rotatable bonds is 7. The molecule has 1 aromatic heterocycles. The molecule has 1 saturated heterocycles. The Bertz CT molecular complexity index is 855. The molecule has 0 radical (unpaired) electrons. The minimum Gasteiger partial charge on any atom is -0.494 e. The maximum absolute atomic E-state index is 12.0. The van der Waals surface area contributed by atoms with E-state index in [9.17, 15) is 10.1 Å². The molecular weight excluding hydrogens is 364 g/mol. The Morgan fingerprint density at radius 3 is 2.74 bits per heavy atom. The first-order valence-corrected chi connectivity index (χ1v) is 10.1. The number of aromatic nitrogens is 2. The van der Waals surface area contributed by atoms with Crippen molar-refractivity contribution in [2.24, 2.45) is 0 Å². The summed E-state index contributed by atoms with van der Waals surface area (Å²) in [5, 5.41) is 9.76. The molecular formula is C19H22N4O3S. The number of ether oxygens (including phenoxy) is 2. The quantitative estimate of drug-likeness (QED) is 0.443. The maximum Gasteiger partial charge on any atom is 0.270 e. The third-order valence-corrected chi connectivity index (χ3v) is 4.90. The maximum atomic E-state index is 12.0. The highest BCUT2D eigenvalue weighted by atomic mass is 32.2. The van der Waals surface area contributed by atoms with Crippen molar-refractivity contribution >= 4 is 11.8 Å². The highest BCUT2D eigenvalue weighted by Crippen LogP contribution is 2.23. The standard InChI is InChI=1S/C19H22N4O3S/c1-27-19-21-17(16(13-20)18(24)22-19)14-3-5-15(6-4-14)26-10-2-7-23-8-11-25-12-9-23/h3-6H,2,7-12H2,1H3,(H,21,22,24). The SMILES string of the molecule is CSc1nc(-c2ccc(OCCCN3CCOCC3)cc2)c(C#N)c(=O)[nH]1. The van der Waals surface area contributed by atoms with Crippen molar-refractivity contribution < 1.29 is 9.47 Å². The van der Waals surface area contributed by atoms with Crippen LogP contribution in [0.15, 0.2) is 34.2 Å². The highest BCUT2D eigenvalue weighted by Gasteiger charge is 2.13. The van der Waals surface area contributed by atoms with Crippen molar-refractivity contribution in [1.82, 2.24) is 14.9 Å². The number of hydrogen-bond acceptors (Lipinski definition) is 7. The van der Waals surface area contributed by atoms with E-state index in [1.54, 1.807) is 0 Å². The molecule has 0 atom stereocenters. The molecule has 0 bridgehead atoms. The van der Waals surface area contributed by atoms with Crippen molar-refractivity contribution in [3.63, 3.8) is 0 Å². The van der Waals surface area contributed by atoms with Crippen LogP contribution in [0.3, 0.4) is 0 Å². The lowest BCUT2D eigenvalue weighted by Crippen LogP contribution is -2.37. The van der Waals surface area contributed by atoms with Gasteiger partial charge >= 0.3 is 0 Å². The average Bonchev–Trinajstić information content (AvgIpc) is 2.72. The number of nitriles is 1. The molecule has 2 heterocycles. The van der Waals surface area contributed by atoms with Gasteiger partial charge in [-0.25, -0.2) is 4.98 Å². The zero-order valence-electron chi connectivity index (χ0n) is 15.2. The molecule has 0 unspecified atom stereocenters. The van der Waals surface area contributed by atoms with Crippen molar-refractivity contribution in [1.29, 1.82) is 5.26 Å². The van der Waals surface area contributed by atoms with E-state index in [1.807, 2.05) is 36.6 Å². The summed E-state index contributed by atoms with van der Waals surface area (Å²) >= 11 is 1.33. The van der Waals surface area contributed by atoms with E-state index >= 15 is 0 Å². The third-order valence-electron chi connectivity index (χ3n) is 4.32. The normalized spacial score (nSPS) is 14.7. The second kappa shape index (κ2) is 9.55. The lowest BCUT2D eigenvalue weighted by Gasteiger charge is -2.26. The summed E-state index contributed by atoms with van der Waals surface area (Å²) in [6.45, 7) is 5.22. The first-order chi connectivity index (χ1) is 13.2. The first kappa shape index (κ1) is 19.4.